The number of rotatable bonds is 1. The zero-order valence-corrected chi connectivity index (χ0v) is 14.4. The monoisotopic (exact) mass is 340 g/mol. The maximum atomic E-state index is 12.8. The van der Waals surface area contributed by atoms with Crippen LogP contribution in [-0.2, 0) is 0 Å². The molecule has 1 saturated heterocycles. The van der Waals surface area contributed by atoms with Gasteiger partial charge in [0.15, 0.2) is 0 Å². The number of thiophene rings is 1. The van der Waals surface area contributed by atoms with Gasteiger partial charge in [-0.15, -0.1) is 11.3 Å². The van der Waals surface area contributed by atoms with Crippen LogP contribution in [0.4, 0.5) is 5.69 Å². The molecule has 0 radical (unpaired) electrons. The summed E-state index contributed by atoms with van der Waals surface area (Å²) in [5, 5.41) is 1.41. The van der Waals surface area contributed by atoms with E-state index < -0.39 is 0 Å². The molecule has 3 nitrogen and oxygen atoms in total. The standard InChI is InChI=1S/C15H17ClN2OS2/c1-15(2)8-18(6-7-20-15)14(19)13-12(17)11-9(16)4-3-5-10(11)21-13/h3-5H,6-8,17H2,1-2H3. The Bertz CT molecular complexity index is 711. The molecule has 0 bridgehead atoms. The van der Waals surface area contributed by atoms with Crippen molar-refractivity contribution < 1.29 is 4.79 Å². The van der Waals surface area contributed by atoms with Gasteiger partial charge in [-0.05, 0) is 26.0 Å². The third-order valence-electron chi connectivity index (χ3n) is 3.61. The molecule has 0 unspecified atom stereocenters. The molecule has 0 spiro atoms. The van der Waals surface area contributed by atoms with E-state index in [0.29, 0.717) is 15.6 Å². The fourth-order valence-corrected chi connectivity index (χ4v) is 5.18. The van der Waals surface area contributed by atoms with Gasteiger partial charge in [0, 0.05) is 33.7 Å². The van der Waals surface area contributed by atoms with Crippen molar-refractivity contribution in [3.63, 3.8) is 0 Å². The number of nitrogens with two attached hydrogens (primary N) is 1. The first-order valence-corrected chi connectivity index (χ1v) is 8.97. The minimum atomic E-state index is 0.0261. The van der Waals surface area contributed by atoms with Gasteiger partial charge in [-0.2, -0.15) is 11.8 Å². The fraction of sp³-hybridized carbons (Fsp3) is 0.400. The lowest BCUT2D eigenvalue weighted by Crippen LogP contribution is -2.46. The number of benzene rings is 1. The van der Waals surface area contributed by atoms with Crippen LogP contribution in [0.1, 0.15) is 23.5 Å². The van der Waals surface area contributed by atoms with E-state index in [1.165, 1.54) is 11.3 Å². The molecule has 0 aliphatic carbocycles. The molecule has 1 fully saturated rings. The lowest BCUT2D eigenvalue weighted by atomic mass is 10.1. The molecule has 1 aliphatic rings. The molecule has 1 aromatic carbocycles. The van der Waals surface area contributed by atoms with Gasteiger partial charge in [-0.1, -0.05) is 17.7 Å². The highest BCUT2D eigenvalue weighted by Gasteiger charge is 2.32. The second-order valence-corrected chi connectivity index (χ2v) is 9.05. The van der Waals surface area contributed by atoms with Crippen LogP contribution in [0.5, 0.6) is 0 Å². The van der Waals surface area contributed by atoms with E-state index in [0.717, 1.165) is 28.9 Å². The summed E-state index contributed by atoms with van der Waals surface area (Å²) < 4.78 is 1.06. The smallest absolute Gasteiger partial charge is 0.266 e. The van der Waals surface area contributed by atoms with Gasteiger partial charge in [0.25, 0.3) is 5.91 Å². The average molecular weight is 341 g/mol. The number of hydrogen-bond acceptors (Lipinski definition) is 4. The summed E-state index contributed by atoms with van der Waals surface area (Å²) in [6, 6.07) is 5.65. The Labute approximate surface area is 137 Å². The fourth-order valence-electron chi connectivity index (χ4n) is 2.62. The highest BCUT2D eigenvalue weighted by Crippen LogP contribution is 2.39. The molecule has 1 amide bonds. The lowest BCUT2D eigenvalue weighted by molar-refractivity contribution is 0.0754. The van der Waals surface area contributed by atoms with Gasteiger partial charge in [0.05, 0.1) is 10.7 Å². The van der Waals surface area contributed by atoms with Crippen LogP contribution in [-0.4, -0.2) is 34.4 Å². The Morgan fingerprint density at radius 1 is 1.43 bits per heavy atom. The summed E-state index contributed by atoms with van der Waals surface area (Å²) in [5.74, 6) is 0.989. The molecule has 2 N–H and O–H groups in total. The molecule has 6 heteroatoms. The Morgan fingerprint density at radius 3 is 2.86 bits per heavy atom. The molecule has 1 aliphatic heterocycles. The van der Waals surface area contributed by atoms with Gasteiger partial charge in [0.1, 0.15) is 4.88 Å². The zero-order valence-electron chi connectivity index (χ0n) is 12.0. The molecule has 112 valence electrons. The maximum absolute atomic E-state index is 12.8. The van der Waals surface area contributed by atoms with E-state index in [1.807, 2.05) is 34.9 Å². The summed E-state index contributed by atoms with van der Waals surface area (Å²) >= 11 is 9.55. The van der Waals surface area contributed by atoms with Crippen LogP contribution in [0.25, 0.3) is 10.1 Å². The highest BCUT2D eigenvalue weighted by molar-refractivity contribution is 8.00. The van der Waals surface area contributed by atoms with Crippen molar-refractivity contribution in [3.8, 4) is 0 Å². The first-order valence-electron chi connectivity index (χ1n) is 6.79. The third-order valence-corrected chi connectivity index (χ3v) is 6.38. The number of halogens is 1. The van der Waals surface area contributed by atoms with E-state index in [9.17, 15) is 4.79 Å². The van der Waals surface area contributed by atoms with Crippen molar-refractivity contribution in [2.45, 2.75) is 18.6 Å². The number of carbonyl (C=O) groups excluding carboxylic acids is 1. The van der Waals surface area contributed by atoms with E-state index in [1.54, 1.807) is 0 Å². The second kappa shape index (κ2) is 5.38. The third kappa shape index (κ3) is 2.74. The maximum Gasteiger partial charge on any atom is 0.266 e. The van der Waals surface area contributed by atoms with Gasteiger partial charge in [-0.25, -0.2) is 0 Å². The van der Waals surface area contributed by atoms with E-state index in [2.05, 4.69) is 13.8 Å². The number of fused-ring (bicyclic) bond motifs is 1. The Hall–Kier alpha value is -0.910. The summed E-state index contributed by atoms with van der Waals surface area (Å²) in [4.78, 5) is 15.3. The molecule has 2 heterocycles. The molecule has 1 aromatic heterocycles. The molecule has 0 saturated carbocycles. The van der Waals surface area contributed by atoms with Crippen molar-refractivity contribution in [3.05, 3.63) is 28.1 Å². The summed E-state index contributed by atoms with van der Waals surface area (Å²) in [5.41, 5.74) is 6.70. The SMILES string of the molecule is CC1(C)CN(C(=O)c2sc3cccc(Cl)c3c2N)CCS1. The number of thioether (sulfide) groups is 1. The zero-order chi connectivity index (χ0) is 15.2. The molecule has 3 rings (SSSR count). The minimum Gasteiger partial charge on any atom is -0.397 e. The number of carbonyl (C=O) groups is 1. The summed E-state index contributed by atoms with van der Waals surface area (Å²) in [7, 11) is 0. The summed E-state index contributed by atoms with van der Waals surface area (Å²) in [6.07, 6.45) is 0. The van der Waals surface area contributed by atoms with Crippen molar-refractivity contribution in [2.24, 2.45) is 0 Å². The minimum absolute atomic E-state index is 0.0261. The number of nitrogens with zero attached hydrogens (tertiary/aromatic N) is 1. The van der Waals surface area contributed by atoms with Crippen molar-refractivity contribution >= 4 is 56.4 Å². The van der Waals surface area contributed by atoms with Crippen LogP contribution in [0.15, 0.2) is 18.2 Å². The number of amides is 1. The first kappa shape index (κ1) is 15.0. The predicted molar refractivity (Wildman–Crippen MR) is 93.7 cm³/mol. The molecule has 21 heavy (non-hydrogen) atoms. The molecule has 2 aromatic rings. The van der Waals surface area contributed by atoms with Crippen LogP contribution < -0.4 is 5.73 Å². The Morgan fingerprint density at radius 2 is 2.19 bits per heavy atom. The van der Waals surface area contributed by atoms with Gasteiger partial charge < -0.3 is 10.6 Å². The number of hydrogen-bond donors (Lipinski definition) is 1. The van der Waals surface area contributed by atoms with Crippen LogP contribution in [0.3, 0.4) is 0 Å². The van der Waals surface area contributed by atoms with Crippen LogP contribution in [0, 0.1) is 0 Å². The van der Waals surface area contributed by atoms with Gasteiger partial charge in [-0.3, -0.25) is 4.79 Å². The Kier molecular flexibility index (Phi) is 3.84. The molecule has 0 atom stereocenters. The Balaban J connectivity index is 1.99. The topological polar surface area (TPSA) is 46.3 Å². The van der Waals surface area contributed by atoms with E-state index >= 15 is 0 Å². The summed E-state index contributed by atoms with van der Waals surface area (Å²) in [6.45, 7) is 5.86. The number of anilines is 1. The largest absolute Gasteiger partial charge is 0.397 e. The van der Waals surface area contributed by atoms with Gasteiger partial charge in [0.2, 0.25) is 0 Å². The second-order valence-electron chi connectivity index (χ2n) is 5.79. The van der Waals surface area contributed by atoms with Gasteiger partial charge >= 0.3 is 0 Å². The van der Waals surface area contributed by atoms with Crippen molar-refractivity contribution in [1.82, 2.24) is 4.90 Å². The van der Waals surface area contributed by atoms with E-state index in [4.69, 9.17) is 17.3 Å². The van der Waals surface area contributed by atoms with Crippen molar-refractivity contribution in [1.29, 1.82) is 0 Å². The van der Waals surface area contributed by atoms with E-state index in [-0.39, 0.29) is 10.7 Å². The quantitative estimate of drug-likeness (QED) is 0.850. The molecular weight excluding hydrogens is 324 g/mol. The number of nitrogen functional groups attached to an aromatic ring is 1. The van der Waals surface area contributed by atoms with Crippen LogP contribution >= 0.6 is 34.7 Å². The van der Waals surface area contributed by atoms with Crippen molar-refractivity contribution in [2.75, 3.05) is 24.6 Å². The lowest BCUT2D eigenvalue weighted by Gasteiger charge is -2.37. The normalized spacial score (nSPS) is 18.1. The van der Waals surface area contributed by atoms with Crippen LogP contribution in [0.2, 0.25) is 5.02 Å². The highest BCUT2D eigenvalue weighted by atomic mass is 35.5. The predicted octanol–water partition coefficient (Wildman–Crippen LogP) is 4.10. The average Bonchev–Trinajstić information content (AvgIpc) is 2.75. The first-order chi connectivity index (χ1) is 9.89. The molecular formula is C15H17ClN2OS2.